The number of imidazole rings is 1. The van der Waals surface area contributed by atoms with Crippen LogP contribution in [-0.2, 0) is 0 Å². The van der Waals surface area contributed by atoms with E-state index < -0.39 is 0 Å². The topological polar surface area (TPSA) is 30.2 Å². The van der Waals surface area contributed by atoms with E-state index in [1.807, 2.05) is 29.7 Å². The van der Waals surface area contributed by atoms with Crippen molar-refractivity contribution in [2.45, 2.75) is 0 Å². The molecule has 0 saturated heterocycles. The van der Waals surface area contributed by atoms with Crippen molar-refractivity contribution in [2.75, 3.05) is 0 Å². The molecule has 0 bridgehead atoms. The van der Waals surface area contributed by atoms with Gasteiger partial charge in [0.05, 0.1) is 22.1 Å². The van der Waals surface area contributed by atoms with Gasteiger partial charge in [-0.15, -0.1) is 11.3 Å². The molecular weight excluding hydrogens is 362 g/mol. The summed E-state index contributed by atoms with van der Waals surface area (Å²) >= 11 is 1.84. The van der Waals surface area contributed by atoms with Gasteiger partial charge in [0.2, 0.25) is 0 Å². The Bertz CT molecular complexity index is 1720. The van der Waals surface area contributed by atoms with Crippen LogP contribution in [0.3, 0.4) is 0 Å². The zero-order chi connectivity index (χ0) is 18.2. The zero-order valence-corrected chi connectivity index (χ0v) is 15.6. The minimum absolute atomic E-state index is 0.970. The summed E-state index contributed by atoms with van der Waals surface area (Å²) < 4.78 is 4.90. The number of para-hydroxylation sites is 2. The molecular formula is C24H13N3S. The average Bonchev–Trinajstić information content (AvgIpc) is 3.31. The number of fused-ring (bicyclic) bond motifs is 11. The predicted octanol–water partition coefficient (Wildman–Crippen LogP) is 6.56. The van der Waals surface area contributed by atoms with Crippen LogP contribution in [0.1, 0.15) is 0 Å². The molecule has 7 rings (SSSR count). The molecule has 0 amide bonds. The quantitative estimate of drug-likeness (QED) is 0.281. The van der Waals surface area contributed by atoms with Crippen molar-refractivity contribution < 1.29 is 0 Å². The molecule has 0 aliphatic heterocycles. The van der Waals surface area contributed by atoms with Crippen molar-refractivity contribution in [1.82, 2.24) is 14.4 Å². The van der Waals surface area contributed by atoms with Gasteiger partial charge in [-0.2, -0.15) is 0 Å². The van der Waals surface area contributed by atoms with Gasteiger partial charge in [0.1, 0.15) is 5.65 Å². The van der Waals surface area contributed by atoms with Crippen LogP contribution in [-0.4, -0.2) is 14.4 Å². The number of hydrogen-bond donors (Lipinski definition) is 0. The molecule has 0 unspecified atom stereocenters. The summed E-state index contributed by atoms with van der Waals surface area (Å²) in [5.74, 6) is 0. The summed E-state index contributed by atoms with van der Waals surface area (Å²) in [6.45, 7) is 0. The highest BCUT2D eigenvalue weighted by Gasteiger charge is 2.16. The number of aromatic nitrogens is 3. The highest BCUT2D eigenvalue weighted by Crippen LogP contribution is 2.39. The van der Waals surface area contributed by atoms with E-state index in [9.17, 15) is 0 Å². The Hall–Kier alpha value is -3.50. The number of thiophene rings is 1. The van der Waals surface area contributed by atoms with E-state index in [0.29, 0.717) is 0 Å². The van der Waals surface area contributed by atoms with Gasteiger partial charge in [-0.1, -0.05) is 30.3 Å². The van der Waals surface area contributed by atoms with E-state index in [4.69, 9.17) is 9.97 Å². The fraction of sp³-hybridized carbons (Fsp3) is 0. The van der Waals surface area contributed by atoms with Crippen molar-refractivity contribution in [1.29, 1.82) is 0 Å². The van der Waals surface area contributed by atoms with Gasteiger partial charge < -0.3 is 0 Å². The van der Waals surface area contributed by atoms with Gasteiger partial charge >= 0.3 is 0 Å². The molecule has 0 aliphatic carbocycles. The molecule has 4 heterocycles. The molecule has 0 aliphatic rings. The van der Waals surface area contributed by atoms with Crippen LogP contribution in [0.15, 0.2) is 79.0 Å². The van der Waals surface area contributed by atoms with E-state index >= 15 is 0 Å². The van der Waals surface area contributed by atoms with E-state index in [-0.39, 0.29) is 0 Å². The van der Waals surface area contributed by atoms with Gasteiger partial charge in [0, 0.05) is 37.1 Å². The van der Waals surface area contributed by atoms with Crippen LogP contribution < -0.4 is 0 Å². The smallest absolute Gasteiger partial charge is 0.147 e. The van der Waals surface area contributed by atoms with Crippen LogP contribution in [0.5, 0.6) is 0 Å². The molecule has 130 valence electrons. The molecule has 0 radical (unpaired) electrons. The summed E-state index contributed by atoms with van der Waals surface area (Å²) in [5.41, 5.74) is 5.29. The first-order chi connectivity index (χ1) is 13.9. The monoisotopic (exact) mass is 375 g/mol. The van der Waals surface area contributed by atoms with Crippen LogP contribution in [0.25, 0.3) is 58.7 Å². The van der Waals surface area contributed by atoms with Gasteiger partial charge in [-0.25, -0.2) is 4.98 Å². The highest BCUT2D eigenvalue weighted by atomic mass is 32.1. The van der Waals surface area contributed by atoms with Gasteiger partial charge in [0.25, 0.3) is 0 Å². The van der Waals surface area contributed by atoms with Crippen LogP contribution in [0, 0.1) is 0 Å². The second kappa shape index (κ2) is 5.06. The van der Waals surface area contributed by atoms with E-state index in [1.165, 1.54) is 25.6 Å². The maximum atomic E-state index is 4.94. The summed E-state index contributed by atoms with van der Waals surface area (Å²) in [7, 11) is 0. The summed E-state index contributed by atoms with van der Waals surface area (Å²) in [4.78, 5) is 9.69. The molecule has 0 saturated carbocycles. The first kappa shape index (κ1) is 14.5. The molecule has 0 spiro atoms. The highest BCUT2D eigenvalue weighted by molar-refractivity contribution is 7.25. The molecule has 7 aromatic rings. The molecule has 4 heteroatoms. The minimum Gasteiger partial charge on any atom is -0.292 e. The molecule has 28 heavy (non-hydrogen) atoms. The van der Waals surface area contributed by atoms with Crippen LogP contribution >= 0.6 is 11.3 Å². The Morgan fingerprint density at radius 2 is 1.54 bits per heavy atom. The van der Waals surface area contributed by atoms with Crippen LogP contribution in [0.2, 0.25) is 0 Å². The summed E-state index contributed by atoms with van der Waals surface area (Å²) in [6.07, 6.45) is 1.87. The third kappa shape index (κ3) is 1.73. The van der Waals surface area contributed by atoms with Crippen molar-refractivity contribution in [3.05, 3.63) is 79.0 Å². The summed E-state index contributed by atoms with van der Waals surface area (Å²) in [5, 5.41) is 4.86. The fourth-order valence-electron chi connectivity index (χ4n) is 4.39. The number of hydrogen-bond acceptors (Lipinski definition) is 3. The van der Waals surface area contributed by atoms with Crippen molar-refractivity contribution in [3.63, 3.8) is 0 Å². The lowest BCUT2D eigenvalue weighted by atomic mass is 10.1. The Morgan fingerprint density at radius 1 is 0.679 bits per heavy atom. The number of nitrogens with zero attached hydrogens (tertiary/aromatic N) is 3. The molecule has 3 nitrogen and oxygen atoms in total. The Labute approximate surface area is 163 Å². The molecule has 0 N–H and O–H groups in total. The molecule has 0 atom stereocenters. The first-order valence-electron chi connectivity index (χ1n) is 9.27. The second-order valence-electron chi connectivity index (χ2n) is 7.12. The lowest BCUT2D eigenvalue weighted by molar-refractivity contribution is 1.31. The van der Waals surface area contributed by atoms with Gasteiger partial charge in [0.15, 0.2) is 0 Å². The third-order valence-electron chi connectivity index (χ3n) is 5.60. The standard InChI is InChI=1S/C24H13N3S/c1-4-10-21-14(6-1)16-12-17-20(13-22(16)28-21)27-19-9-3-2-8-18(19)26-24(27)15-7-5-11-25-23(15)17/h1-13H. The SMILES string of the molecule is c1ccc2c(c1)nc1c3cccnc3c3cc4c(cc3n21)sc1ccccc14. The lowest BCUT2D eigenvalue weighted by Gasteiger charge is -2.08. The number of pyridine rings is 2. The van der Waals surface area contributed by atoms with Crippen molar-refractivity contribution in [2.24, 2.45) is 0 Å². The Morgan fingerprint density at radius 3 is 2.54 bits per heavy atom. The maximum Gasteiger partial charge on any atom is 0.147 e. The summed E-state index contributed by atoms with van der Waals surface area (Å²) in [6, 6.07) is 25.7. The van der Waals surface area contributed by atoms with E-state index in [2.05, 4.69) is 65.1 Å². The number of benzene rings is 3. The van der Waals surface area contributed by atoms with E-state index in [0.717, 1.165) is 33.1 Å². The lowest BCUT2D eigenvalue weighted by Crippen LogP contribution is -1.92. The van der Waals surface area contributed by atoms with Gasteiger partial charge in [-0.05, 0) is 42.5 Å². The second-order valence-corrected chi connectivity index (χ2v) is 8.21. The Balaban J connectivity index is 1.85. The zero-order valence-electron chi connectivity index (χ0n) is 14.8. The minimum atomic E-state index is 0.970. The fourth-order valence-corrected chi connectivity index (χ4v) is 5.51. The Kier molecular flexibility index (Phi) is 2.63. The first-order valence-corrected chi connectivity index (χ1v) is 10.1. The third-order valence-corrected chi connectivity index (χ3v) is 6.73. The van der Waals surface area contributed by atoms with Gasteiger partial charge in [-0.3, -0.25) is 9.38 Å². The normalized spacial score (nSPS) is 12.3. The molecule has 0 fully saturated rings. The van der Waals surface area contributed by atoms with Crippen molar-refractivity contribution in [3.8, 4) is 0 Å². The van der Waals surface area contributed by atoms with Crippen LogP contribution in [0.4, 0.5) is 0 Å². The largest absolute Gasteiger partial charge is 0.292 e. The van der Waals surface area contributed by atoms with Crippen molar-refractivity contribution >= 4 is 70.0 Å². The molecule has 4 aromatic heterocycles. The maximum absolute atomic E-state index is 4.94. The van der Waals surface area contributed by atoms with E-state index in [1.54, 1.807) is 0 Å². The molecule has 3 aromatic carbocycles. The average molecular weight is 375 g/mol. The number of rotatable bonds is 0. The predicted molar refractivity (Wildman–Crippen MR) is 118 cm³/mol.